The van der Waals surface area contributed by atoms with E-state index >= 15 is 0 Å². The van der Waals surface area contributed by atoms with Gasteiger partial charge in [-0.3, -0.25) is 13.9 Å². The van der Waals surface area contributed by atoms with Crippen molar-refractivity contribution in [1.29, 1.82) is 0 Å². The molecule has 1 aliphatic heterocycles. The Morgan fingerprint density at radius 1 is 1.34 bits per heavy atom. The van der Waals surface area contributed by atoms with Crippen molar-refractivity contribution in [2.75, 3.05) is 6.61 Å². The van der Waals surface area contributed by atoms with E-state index in [9.17, 15) is 19.3 Å². The Kier molecular flexibility index (Phi) is 9.31. The molecular weight excluding hydrogens is 519 g/mol. The molecule has 206 valence electrons. The van der Waals surface area contributed by atoms with E-state index < -0.39 is 62.1 Å². The van der Waals surface area contributed by atoms with Crippen LogP contribution in [0, 0.1) is 6.92 Å². The molecule has 3 rings (SSSR count). The lowest BCUT2D eigenvalue weighted by atomic mass is 9.93. The van der Waals surface area contributed by atoms with Gasteiger partial charge in [-0.2, -0.15) is 10.1 Å². The van der Waals surface area contributed by atoms with Gasteiger partial charge in [-0.15, -0.1) is 0 Å². The van der Waals surface area contributed by atoms with E-state index in [1.165, 1.54) is 20.0 Å². The molecule has 2 heterocycles. The summed E-state index contributed by atoms with van der Waals surface area (Å²) >= 11 is 0. The molecule has 15 heteroatoms. The van der Waals surface area contributed by atoms with Gasteiger partial charge in [0.15, 0.2) is 6.23 Å². The van der Waals surface area contributed by atoms with Crippen LogP contribution >= 0.6 is 7.75 Å². The Labute approximate surface area is 219 Å². The number of esters is 1. The molecule has 0 saturated carbocycles. The van der Waals surface area contributed by atoms with Crippen molar-refractivity contribution in [3.63, 3.8) is 0 Å². The van der Waals surface area contributed by atoms with Gasteiger partial charge in [-0.05, 0) is 58.3 Å². The van der Waals surface area contributed by atoms with Crippen LogP contribution < -0.4 is 15.3 Å². The van der Waals surface area contributed by atoms with Crippen LogP contribution in [-0.2, 0) is 23.4 Å². The number of nitrogens with one attached hydrogen (secondary N) is 1. The molecule has 2 N–H and O–H groups in total. The second-order valence-electron chi connectivity index (χ2n) is 9.18. The molecule has 1 aromatic heterocycles. The third-order valence-corrected chi connectivity index (χ3v) is 7.32. The average Bonchev–Trinajstić information content (AvgIpc) is 3.08. The standard InChI is InChI=1S/C23H31N6O8P/c1-14(2)35-20(31)16(4)26-38(33,37-17-9-7-6-8-10-17)34-13-18-19(30)23(5,27-28-24)21(36-18)29-12-11-15(3)25-22(29)32/h6-12,14,16,18-19,21,30H,13H2,1-5H3,(H,26,33)/t16-,18-,19-,21-,23-,38-/m1/s1. The first-order chi connectivity index (χ1) is 17.9. The van der Waals surface area contributed by atoms with Crippen molar-refractivity contribution in [2.24, 2.45) is 5.11 Å². The predicted molar refractivity (Wildman–Crippen MR) is 135 cm³/mol. The fourth-order valence-electron chi connectivity index (χ4n) is 3.76. The summed E-state index contributed by atoms with van der Waals surface area (Å²) < 4.78 is 37.1. The Balaban J connectivity index is 1.86. The van der Waals surface area contributed by atoms with Crippen molar-refractivity contribution in [3.8, 4) is 5.75 Å². The molecule has 1 fully saturated rings. The predicted octanol–water partition coefficient (Wildman–Crippen LogP) is 3.01. The second-order valence-corrected chi connectivity index (χ2v) is 10.9. The van der Waals surface area contributed by atoms with E-state index in [0.29, 0.717) is 5.69 Å². The molecule has 0 spiro atoms. The second kappa shape index (κ2) is 12.1. The minimum Gasteiger partial charge on any atom is -0.462 e. The number of nitrogens with zero attached hydrogens (tertiary/aromatic N) is 5. The van der Waals surface area contributed by atoms with E-state index in [1.807, 2.05) is 0 Å². The van der Waals surface area contributed by atoms with Crippen LogP contribution in [0.15, 0.2) is 52.5 Å². The molecule has 14 nitrogen and oxygen atoms in total. The van der Waals surface area contributed by atoms with E-state index in [1.54, 1.807) is 57.2 Å². The SMILES string of the molecule is Cc1ccn([C@@H]2O[C@H](CO[P@](=O)(N[C@H](C)C(=O)OC(C)C)Oc3ccccc3)[C@@H](O)[C@@]2(C)N=[N+]=[N-])c(=O)n1. The lowest BCUT2D eigenvalue weighted by molar-refractivity contribution is -0.149. The fraction of sp³-hybridized carbons (Fsp3) is 0.522. The van der Waals surface area contributed by atoms with Crippen molar-refractivity contribution in [2.45, 2.75) is 70.7 Å². The highest BCUT2D eigenvalue weighted by Crippen LogP contribution is 2.47. The number of aromatic nitrogens is 2. The summed E-state index contributed by atoms with van der Waals surface area (Å²) in [5.74, 6) is -0.491. The third-order valence-electron chi connectivity index (χ3n) is 5.67. The quantitative estimate of drug-likeness (QED) is 0.138. The van der Waals surface area contributed by atoms with Gasteiger partial charge in [0, 0.05) is 16.8 Å². The number of hydrogen-bond acceptors (Lipinski definition) is 10. The Morgan fingerprint density at radius 3 is 2.63 bits per heavy atom. The highest BCUT2D eigenvalue weighted by atomic mass is 31.2. The smallest absolute Gasteiger partial charge is 0.459 e. The summed E-state index contributed by atoms with van der Waals surface area (Å²) in [5, 5.41) is 17.3. The number of aliphatic hydroxyl groups is 1. The van der Waals surface area contributed by atoms with E-state index in [4.69, 9.17) is 24.1 Å². The van der Waals surface area contributed by atoms with Crippen molar-refractivity contribution in [3.05, 3.63) is 69.2 Å². The van der Waals surface area contributed by atoms with Gasteiger partial charge < -0.3 is 19.1 Å². The highest BCUT2D eigenvalue weighted by molar-refractivity contribution is 7.52. The first-order valence-corrected chi connectivity index (χ1v) is 13.4. The third kappa shape index (κ3) is 6.79. The summed E-state index contributed by atoms with van der Waals surface area (Å²) in [6, 6.07) is 8.60. The van der Waals surface area contributed by atoms with Gasteiger partial charge in [0.2, 0.25) is 0 Å². The molecule has 2 aromatic rings. The highest BCUT2D eigenvalue weighted by Gasteiger charge is 2.55. The van der Waals surface area contributed by atoms with Gasteiger partial charge in [0.25, 0.3) is 0 Å². The van der Waals surface area contributed by atoms with Crippen molar-refractivity contribution in [1.82, 2.24) is 14.6 Å². The Morgan fingerprint density at radius 2 is 2.03 bits per heavy atom. The van der Waals surface area contributed by atoms with E-state index in [0.717, 1.165) is 4.57 Å². The van der Waals surface area contributed by atoms with Gasteiger partial charge in [-0.25, -0.2) is 9.36 Å². The van der Waals surface area contributed by atoms with Crippen LogP contribution in [0.25, 0.3) is 10.4 Å². The molecule has 0 unspecified atom stereocenters. The number of hydrogen-bond donors (Lipinski definition) is 2. The zero-order valence-electron chi connectivity index (χ0n) is 21.6. The maximum atomic E-state index is 13.7. The average molecular weight is 551 g/mol. The monoisotopic (exact) mass is 550 g/mol. The number of carbonyl (C=O) groups is 1. The summed E-state index contributed by atoms with van der Waals surface area (Å²) in [6.07, 6.45) is -2.94. The molecule has 0 radical (unpaired) electrons. The lowest BCUT2D eigenvalue weighted by Gasteiger charge is -2.28. The normalized spacial score (nSPS) is 25.3. The summed E-state index contributed by atoms with van der Waals surface area (Å²) in [7, 11) is -4.26. The Bertz CT molecular complexity index is 1280. The molecule has 6 atom stereocenters. The first kappa shape index (κ1) is 29.3. The molecule has 1 saturated heterocycles. The maximum absolute atomic E-state index is 13.7. The van der Waals surface area contributed by atoms with Gasteiger partial charge in [-0.1, -0.05) is 23.3 Å². The molecular formula is C23H31N6O8P. The zero-order chi connectivity index (χ0) is 28.1. The molecule has 1 aromatic carbocycles. The zero-order valence-corrected chi connectivity index (χ0v) is 22.5. The number of carbonyl (C=O) groups excluding carboxylic acids is 1. The van der Waals surface area contributed by atoms with Crippen LogP contribution in [-0.4, -0.2) is 57.1 Å². The van der Waals surface area contributed by atoms with Crippen LogP contribution in [0.1, 0.15) is 39.6 Å². The number of aliphatic hydroxyl groups excluding tert-OH is 1. The van der Waals surface area contributed by atoms with Crippen molar-refractivity contribution < 1.29 is 33.0 Å². The van der Waals surface area contributed by atoms with Gasteiger partial charge in [0.1, 0.15) is 23.4 Å². The fourth-order valence-corrected chi connectivity index (χ4v) is 5.27. The number of para-hydroxylation sites is 1. The Hall–Kier alpha value is -3.25. The number of rotatable bonds is 11. The van der Waals surface area contributed by atoms with E-state index in [2.05, 4.69) is 20.1 Å². The number of ether oxygens (including phenoxy) is 2. The van der Waals surface area contributed by atoms with Gasteiger partial charge >= 0.3 is 19.4 Å². The van der Waals surface area contributed by atoms with Crippen LogP contribution in [0.5, 0.6) is 5.75 Å². The number of benzene rings is 1. The topological polar surface area (TPSA) is 187 Å². The minimum absolute atomic E-state index is 0.190. The molecule has 0 amide bonds. The van der Waals surface area contributed by atoms with Gasteiger partial charge in [0.05, 0.1) is 18.8 Å². The van der Waals surface area contributed by atoms with Crippen molar-refractivity contribution >= 4 is 13.7 Å². The lowest BCUT2D eigenvalue weighted by Crippen LogP contribution is -2.45. The first-order valence-electron chi connectivity index (χ1n) is 11.8. The minimum atomic E-state index is -4.26. The summed E-state index contributed by atoms with van der Waals surface area (Å²) in [6.45, 7) is 7.30. The van der Waals surface area contributed by atoms with Crippen LogP contribution in [0.4, 0.5) is 0 Å². The maximum Gasteiger partial charge on any atom is 0.459 e. The van der Waals surface area contributed by atoms with E-state index in [-0.39, 0.29) is 5.75 Å². The number of aryl methyl sites for hydroxylation is 1. The summed E-state index contributed by atoms with van der Waals surface area (Å²) in [4.78, 5) is 31.5. The summed E-state index contributed by atoms with van der Waals surface area (Å²) in [5.41, 5.74) is 7.29. The van der Waals surface area contributed by atoms with Crippen LogP contribution in [0.3, 0.4) is 0 Å². The molecule has 1 aliphatic rings. The molecule has 0 aliphatic carbocycles. The largest absolute Gasteiger partial charge is 0.462 e. The number of azide groups is 1. The molecule has 0 bridgehead atoms. The van der Waals surface area contributed by atoms with Crippen LogP contribution in [0.2, 0.25) is 0 Å². The molecule has 38 heavy (non-hydrogen) atoms.